The van der Waals surface area contributed by atoms with Crippen molar-refractivity contribution in [3.05, 3.63) is 119 Å². The molecule has 5 aromatic rings. The number of nitro groups is 1. The van der Waals surface area contributed by atoms with Crippen LogP contribution in [0.3, 0.4) is 0 Å². The molecule has 0 aliphatic carbocycles. The van der Waals surface area contributed by atoms with Crippen molar-refractivity contribution >= 4 is 5.69 Å². The Morgan fingerprint density at radius 3 is 2.09 bits per heavy atom. The first-order valence-corrected chi connectivity index (χ1v) is 10.4. The Morgan fingerprint density at radius 2 is 1.33 bits per heavy atom. The first-order chi connectivity index (χ1) is 16.2. The fourth-order valence-corrected chi connectivity index (χ4v) is 3.63. The number of rotatable bonds is 6. The van der Waals surface area contributed by atoms with Gasteiger partial charge in [0.1, 0.15) is 17.3 Å². The molecule has 0 amide bonds. The number of nitro benzene ring substituents is 1. The molecule has 6 heteroatoms. The molecule has 0 fully saturated rings. The molecule has 0 saturated heterocycles. The van der Waals surface area contributed by atoms with Gasteiger partial charge >= 0.3 is 0 Å². The van der Waals surface area contributed by atoms with E-state index in [1.807, 2.05) is 91.0 Å². The number of nitrogens with zero attached hydrogens (tertiary/aromatic N) is 2. The molecule has 160 valence electrons. The zero-order valence-electron chi connectivity index (χ0n) is 17.5. The molecule has 0 aliphatic heterocycles. The van der Waals surface area contributed by atoms with Crippen LogP contribution in [-0.4, -0.2) is 14.9 Å². The quantitative estimate of drug-likeness (QED) is 0.228. The lowest BCUT2D eigenvalue weighted by Crippen LogP contribution is -1.89. The fourth-order valence-electron chi connectivity index (χ4n) is 3.63. The number of aromatic amines is 1. The molecule has 0 spiro atoms. The van der Waals surface area contributed by atoms with Crippen molar-refractivity contribution < 1.29 is 9.66 Å². The highest BCUT2D eigenvalue weighted by molar-refractivity contribution is 5.82. The van der Waals surface area contributed by atoms with E-state index in [2.05, 4.69) is 4.98 Å². The molecule has 6 nitrogen and oxygen atoms in total. The van der Waals surface area contributed by atoms with Crippen molar-refractivity contribution in [2.75, 3.05) is 0 Å². The third-order valence-corrected chi connectivity index (χ3v) is 5.18. The number of imidazole rings is 1. The number of H-pyrrole nitrogens is 1. The van der Waals surface area contributed by atoms with E-state index in [-0.39, 0.29) is 5.69 Å². The summed E-state index contributed by atoms with van der Waals surface area (Å²) in [6.45, 7) is 0. The Kier molecular flexibility index (Phi) is 5.39. The molecule has 1 aromatic heterocycles. The van der Waals surface area contributed by atoms with Crippen LogP contribution in [0.15, 0.2) is 109 Å². The number of hydrogen-bond donors (Lipinski definition) is 1. The summed E-state index contributed by atoms with van der Waals surface area (Å²) < 4.78 is 5.97. The van der Waals surface area contributed by atoms with Gasteiger partial charge in [-0.2, -0.15) is 0 Å². The highest BCUT2D eigenvalue weighted by Gasteiger charge is 2.17. The lowest BCUT2D eigenvalue weighted by atomic mass is 10.0. The van der Waals surface area contributed by atoms with Crippen LogP contribution < -0.4 is 4.74 Å². The lowest BCUT2D eigenvalue weighted by molar-refractivity contribution is -0.384. The zero-order chi connectivity index (χ0) is 22.6. The van der Waals surface area contributed by atoms with Crippen LogP contribution in [0.25, 0.3) is 33.9 Å². The van der Waals surface area contributed by atoms with Gasteiger partial charge < -0.3 is 9.72 Å². The molecule has 0 saturated carbocycles. The number of nitrogens with one attached hydrogen (secondary N) is 1. The van der Waals surface area contributed by atoms with Crippen molar-refractivity contribution in [1.82, 2.24) is 9.97 Å². The molecule has 0 radical (unpaired) electrons. The van der Waals surface area contributed by atoms with Gasteiger partial charge in [-0.15, -0.1) is 0 Å². The SMILES string of the molecule is O=[N+]([O-])c1cccc(-c2nc(-c3cccc(Oc4ccccc4)c3)[nH]c2-c2ccccc2)c1. The summed E-state index contributed by atoms with van der Waals surface area (Å²) >= 11 is 0. The van der Waals surface area contributed by atoms with E-state index in [1.165, 1.54) is 6.07 Å². The third-order valence-electron chi connectivity index (χ3n) is 5.18. The largest absolute Gasteiger partial charge is 0.457 e. The molecule has 0 aliphatic rings. The summed E-state index contributed by atoms with van der Waals surface area (Å²) in [4.78, 5) is 19.2. The van der Waals surface area contributed by atoms with E-state index >= 15 is 0 Å². The maximum absolute atomic E-state index is 11.3. The second kappa shape index (κ2) is 8.80. The average molecular weight is 433 g/mol. The minimum Gasteiger partial charge on any atom is -0.457 e. The van der Waals surface area contributed by atoms with E-state index in [4.69, 9.17) is 9.72 Å². The summed E-state index contributed by atoms with van der Waals surface area (Å²) in [5.41, 5.74) is 3.91. The van der Waals surface area contributed by atoms with E-state index in [9.17, 15) is 10.1 Å². The van der Waals surface area contributed by atoms with E-state index in [0.717, 1.165) is 22.6 Å². The summed E-state index contributed by atoms with van der Waals surface area (Å²) in [5, 5.41) is 11.3. The standard InChI is InChI=1S/C27H19N3O3/c31-30(32)22-13-7-11-20(17-22)26-25(19-9-3-1-4-10-19)28-27(29-26)21-12-8-16-24(18-21)33-23-14-5-2-6-15-23/h1-18H,(H,28,29). The monoisotopic (exact) mass is 433 g/mol. The number of para-hydroxylation sites is 1. The van der Waals surface area contributed by atoms with Crippen LogP contribution in [0, 0.1) is 10.1 Å². The predicted octanol–water partition coefficient (Wildman–Crippen LogP) is 7.11. The van der Waals surface area contributed by atoms with E-state index < -0.39 is 4.92 Å². The van der Waals surface area contributed by atoms with Gasteiger partial charge in [-0.05, 0) is 24.3 Å². The number of aromatic nitrogens is 2. The Bertz CT molecular complexity index is 1410. The molecule has 1 N–H and O–H groups in total. The van der Waals surface area contributed by atoms with Crippen molar-refractivity contribution in [2.45, 2.75) is 0 Å². The third kappa shape index (κ3) is 4.36. The Morgan fingerprint density at radius 1 is 0.697 bits per heavy atom. The molecule has 0 unspecified atom stereocenters. The van der Waals surface area contributed by atoms with E-state index in [1.54, 1.807) is 12.1 Å². The Hall–Kier alpha value is -4.71. The molecule has 1 heterocycles. The summed E-state index contributed by atoms with van der Waals surface area (Å²) in [6, 6.07) is 33.5. The summed E-state index contributed by atoms with van der Waals surface area (Å²) in [7, 11) is 0. The molecule has 0 bridgehead atoms. The van der Waals surface area contributed by atoms with Crippen LogP contribution in [0.2, 0.25) is 0 Å². The van der Waals surface area contributed by atoms with Crippen molar-refractivity contribution in [2.24, 2.45) is 0 Å². The average Bonchev–Trinajstić information content (AvgIpc) is 3.31. The molecular formula is C27H19N3O3. The Labute approximate surface area is 190 Å². The first-order valence-electron chi connectivity index (χ1n) is 10.4. The van der Waals surface area contributed by atoms with Crippen molar-refractivity contribution in [3.63, 3.8) is 0 Å². The second-order valence-electron chi connectivity index (χ2n) is 7.43. The highest BCUT2D eigenvalue weighted by atomic mass is 16.6. The number of non-ortho nitro benzene ring substituents is 1. The van der Waals surface area contributed by atoms with Gasteiger partial charge in [0, 0.05) is 28.8 Å². The number of benzene rings is 4. The smallest absolute Gasteiger partial charge is 0.270 e. The van der Waals surface area contributed by atoms with Gasteiger partial charge in [0.05, 0.1) is 16.3 Å². The van der Waals surface area contributed by atoms with Crippen LogP contribution in [0.1, 0.15) is 0 Å². The number of hydrogen-bond acceptors (Lipinski definition) is 4. The van der Waals surface area contributed by atoms with Gasteiger partial charge in [-0.1, -0.05) is 72.8 Å². The van der Waals surface area contributed by atoms with Crippen molar-refractivity contribution in [1.29, 1.82) is 0 Å². The predicted molar refractivity (Wildman–Crippen MR) is 128 cm³/mol. The molecule has 0 atom stereocenters. The zero-order valence-corrected chi connectivity index (χ0v) is 17.5. The topological polar surface area (TPSA) is 81.1 Å². The van der Waals surface area contributed by atoms with Gasteiger partial charge in [-0.3, -0.25) is 10.1 Å². The number of ether oxygens (including phenoxy) is 1. The molecular weight excluding hydrogens is 414 g/mol. The van der Waals surface area contributed by atoms with Gasteiger partial charge in [0.15, 0.2) is 0 Å². The Balaban J connectivity index is 1.59. The maximum Gasteiger partial charge on any atom is 0.270 e. The summed E-state index contributed by atoms with van der Waals surface area (Å²) in [5.74, 6) is 2.08. The van der Waals surface area contributed by atoms with Gasteiger partial charge in [0.2, 0.25) is 0 Å². The van der Waals surface area contributed by atoms with Crippen LogP contribution >= 0.6 is 0 Å². The van der Waals surface area contributed by atoms with Crippen LogP contribution in [0.5, 0.6) is 11.5 Å². The van der Waals surface area contributed by atoms with Crippen molar-refractivity contribution in [3.8, 4) is 45.4 Å². The highest BCUT2D eigenvalue weighted by Crippen LogP contribution is 2.35. The van der Waals surface area contributed by atoms with E-state index in [0.29, 0.717) is 22.8 Å². The maximum atomic E-state index is 11.3. The summed E-state index contributed by atoms with van der Waals surface area (Å²) in [6.07, 6.45) is 0. The van der Waals surface area contributed by atoms with Gasteiger partial charge in [0.25, 0.3) is 5.69 Å². The normalized spacial score (nSPS) is 10.7. The van der Waals surface area contributed by atoms with Crippen LogP contribution in [0.4, 0.5) is 5.69 Å². The molecule has 33 heavy (non-hydrogen) atoms. The molecule has 5 rings (SSSR count). The second-order valence-corrected chi connectivity index (χ2v) is 7.43. The lowest BCUT2D eigenvalue weighted by Gasteiger charge is -2.06. The minimum absolute atomic E-state index is 0.0225. The first kappa shape index (κ1) is 20.2. The van der Waals surface area contributed by atoms with Crippen LogP contribution in [-0.2, 0) is 0 Å². The molecule has 4 aromatic carbocycles. The fraction of sp³-hybridized carbons (Fsp3) is 0. The minimum atomic E-state index is -0.399. The van der Waals surface area contributed by atoms with Gasteiger partial charge in [-0.25, -0.2) is 4.98 Å².